The van der Waals surface area contributed by atoms with Gasteiger partial charge in [-0.15, -0.1) is 0 Å². The second kappa shape index (κ2) is 9.25. The van der Waals surface area contributed by atoms with Gasteiger partial charge in [0, 0.05) is 18.2 Å². The van der Waals surface area contributed by atoms with Gasteiger partial charge in [-0.1, -0.05) is 30.3 Å². The summed E-state index contributed by atoms with van der Waals surface area (Å²) in [5.41, 5.74) is 4.85. The Bertz CT molecular complexity index is 741. The highest BCUT2D eigenvalue weighted by Gasteiger charge is 2.32. The molecular weight excluding hydrogens is 338 g/mol. The lowest BCUT2D eigenvalue weighted by atomic mass is 9.95. The highest BCUT2D eigenvalue weighted by Crippen LogP contribution is 2.51. The molecular formula is C23H31NO3. The first-order valence-corrected chi connectivity index (χ1v) is 9.76. The summed E-state index contributed by atoms with van der Waals surface area (Å²) in [5, 5.41) is 3.56. The molecule has 1 aliphatic rings. The molecule has 1 atom stereocenters. The minimum atomic E-state index is 0.196. The van der Waals surface area contributed by atoms with Crippen LogP contribution in [0.25, 0.3) is 0 Å². The van der Waals surface area contributed by atoms with Crippen LogP contribution >= 0.6 is 0 Å². The first kappa shape index (κ1) is 19.7. The summed E-state index contributed by atoms with van der Waals surface area (Å²) in [6.45, 7) is 6.43. The van der Waals surface area contributed by atoms with E-state index in [2.05, 4.69) is 37.4 Å². The summed E-state index contributed by atoms with van der Waals surface area (Å²) in [4.78, 5) is 0. The lowest BCUT2D eigenvalue weighted by Crippen LogP contribution is -2.24. The van der Waals surface area contributed by atoms with E-state index < -0.39 is 0 Å². The molecule has 1 aliphatic carbocycles. The molecule has 3 rings (SSSR count). The molecule has 146 valence electrons. The van der Waals surface area contributed by atoms with Crippen molar-refractivity contribution in [1.82, 2.24) is 5.32 Å². The van der Waals surface area contributed by atoms with Crippen LogP contribution in [0, 0.1) is 6.92 Å². The summed E-state index contributed by atoms with van der Waals surface area (Å²) >= 11 is 0. The topological polar surface area (TPSA) is 39.7 Å². The van der Waals surface area contributed by atoms with E-state index in [1.807, 2.05) is 18.2 Å². The molecule has 0 saturated heterocycles. The fourth-order valence-corrected chi connectivity index (χ4v) is 3.63. The zero-order valence-corrected chi connectivity index (χ0v) is 16.9. The lowest BCUT2D eigenvalue weighted by Gasteiger charge is -2.23. The van der Waals surface area contributed by atoms with E-state index >= 15 is 0 Å². The molecule has 0 amide bonds. The maximum atomic E-state index is 5.77. The Morgan fingerprint density at radius 2 is 1.85 bits per heavy atom. The SMILES string of the molecule is COc1cc(C(C)NCCOCc2ccccc2)c(C)c(OC)c1C1CC1. The smallest absolute Gasteiger partial charge is 0.129 e. The summed E-state index contributed by atoms with van der Waals surface area (Å²) in [5.74, 6) is 2.52. The standard InChI is InChI=1S/C23H31NO3/c1-16-20(14-21(25-3)22(19-10-11-19)23(16)26-4)17(2)24-12-13-27-15-18-8-6-5-7-9-18/h5-9,14,17,19,24H,10-13,15H2,1-4H3. The Labute approximate surface area is 162 Å². The van der Waals surface area contributed by atoms with Gasteiger partial charge >= 0.3 is 0 Å². The minimum Gasteiger partial charge on any atom is -0.496 e. The van der Waals surface area contributed by atoms with Gasteiger partial charge < -0.3 is 19.5 Å². The van der Waals surface area contributed by atoms with Crippen LogP contribution in [-0.4, -0.2) is 27.4 Å². The minimum absolute atomic E-state index is 0.196. The predicted molar refractivity (Wildman–Crippen MR) is 109 cm³/mol. The molecule has 0 aromatic heterocycles. The summed E-state index contributed by atoms with van der Waals surface area (Å²) in [7, 11) is 3.50. The molecule has 1 N–H and O–H groups in total. The second-order valence-electron chi connectivity index (χ2n) is 7.23. The van der Waals surface area contributed by atoms with E-state index in [0.717, 1.165) is 18.0 Å². The highest BCUT2D eigenvalue weighted by atomic mass is 16.5. The van der Waals surface area contributed by atoms with Gasteiger partial charge in [-0.3, -0.25) is 0 Å². The molecule has 0 spiro atoms. The number of hydrogen-bond donors (Lipinski definition) is 1. The van der Waals surface area contributed by atoms with Crippen LogP contribution in [0.3, 0.4) is 0 Å². The van der Waals surface area contributed by atoms with Crippen molar-refractivity contribution in [3.8, 4) is 11.5 Å². The van der Waals surface area contributed by atoms with Crippen molar-refractivity contribution in [2.45, 2.75) is 45.3 Å². The average Bonchev–Trinajstić information content (AvgIpc) is 3.53. The zero-order valence-electron chi connectivity index (χ0n) is 16.9. The number of rotatable bonds is 10. The fraction of sp³-hybridized carbons (Fsp3) is 0.478. The maximum Gasteiger partial charge on any atom is 0.129 e. The van der Waals surface area contributed by atoms with Gasteiger partial charge in [0.25, 0.3) is 0 Å². The largest absolute Gasteiger partial charge is 0.496 e. The molecule has 4 nitrogen and oxygen atoms in total. The van der Waals surface area contributed by atoms with Crippen LogP contribution in [0.4, 0.5) is 0 Å². The van der Waals surface area contributed by atoms with Crippen molar-refractivity contribution in [1.29, 1.82) is 0 Å². The van der Waals surface area contributed by atoms with E-state index in [0.29, 0.717) is 19.1 Å². The second-order valence-corrected chi connectivity index (χ2v) is 7.23. The molecule has 0 radical (unpaired) electrons. The summed E-state index contributed by atoms with van der Waals surface area (Å²) in [6.07, 6.45) is 2.44. The molecule has 1 unspecified atom stereocenters. The normalized spacial score (nSPS) is 14.8. The Kier molecular flexibility index (Phi) is 6.75. The summed E-state index contributed by atoms with van der Waals surface area (Å²) in [6, 6.07) is 12.6. The first-order valence-electron chi connectivity index (χ1n) is 9.76. The van der Waals surface area contributed by atoms with Crippen molar-refractivity contribution in [2.75, 3.05) is 27.4 Å². The van der Waals surface area contributed by atoms with Crippen molar-refractivity contribution in [3.05, 3.63) is 58.7 Å². The molecule has 1 saturated carbocycles. The third kappa shape index (κ3) is 4.82. The molecule has 2 aromatic carbocycles. The number of benzene rings is 2. The number of methoxy groups -OCH3 is 2. The zero-order chi connectivity index (χ0) is 19.2. The Morgan fingerprint density at radius 3 is 2.48 bits per heavy atom. The fourth-order valence-electron chi connectivity index (χ4n) is 3.63. The molecule has 0 aliphatic heterocycles. The molecule has 1 fully saturated rings. The number of ether oxygens (including phenoxy) is 3. The van der Waals surface area contributed by atoms with Crippen LogP contribution in [0.5, 0.6) is 11.5 Å². The van der Waals surface area contributed by atoms with Gasteiger partial charge in [-0.25, -0.2) is 0 Å². The van der Waals surface area contributed by atoms with Crippen molar-refractivity contribution in [2.24, 2.45) is 0 Å². The van der Waals surface area contributed by atoms with Crippen molar-refractivity contribution in [3.63, 3.8) is 0 Å². The molecule has 4 heteroatoms. The number of nitrogens with one attached hydrogen (secondary N) is 1. The Hall–Kier alpha value is -2.04. The third-order valence-corrected chi connectivity index (χ3v) is 5.25. The Balaban J connectivity index is 1.59. The predicted octanol–water partition coefficient (Wildman–Crippen LogP) is 4.76. The average molecular weight is 370 g/mol. The van der Waals surface area contributed by atoms with E-state index in [1.165, 1.54) is 35.1 Å². The van der Waals surface area contributed by atoms with Gasteiger partial charge in [0.2, 0.25) is 0 Å². The van der Waals surface area contributed by atoms with Gasteiger partial charge in [0.15, 0.2) is 0 Å². The van der Waals surface area contributed by atoms with Crippen LogP contribution in [-0.2, 0) is 11.3 Å². The number of hydrogen-bond acceptors (Lipinski definition) is 4. The molecule has 2 aromatic rings. The van der Waals surface area contributed by atoms with E-state index in [1.54, 1.807) is 14.2 Å². The molecule has 27 heavy (non-hydrogen) atoms. The van der Waals surface area contributed by atoms with Crippen LogP contribution in [0.15, 0.2) is 36.4 Å². The van der Waals surface area contributed by atoms with Crippen molar-refractivity contribution < 1.29 is 14.2 Å². The third-order valence-electron chi connectivity index (χ3n) is 5.25. The Morgan fingerprint density at radius 1 is 1.11 bits per heavy atom. The molecule has 0 bridgehead atoms. The quantitative estimate of drug-likeness (QED) is 0.613. The van der Waals surface area contributed by atoms with Gasteiger partial charge in [-0.05, 0) is 55.4 Å². The van der Waals surface area contributed by atoms with Crippen molar-refractivity contribution >= 4 is 0 Å². The van der Waals surface area contributed by atoms with E-state index in [9.17, 15) is 0 Å². The van der Waals surface area contributed by atoms with E-state index in [-0.39, 0.29) is 6.04 Å². The van der Waals surface area contributed by atoms with Gasteiger partial charge in [-0.2, -0.15) is 0 Å². The van der Waals surface area contributed by atoms with Gasteiger partial charge in [0.05, 0.1) is 27.4 Å². The molecule has 0 heterocycles. The van der Waals surface area contributed by atoms with Crippen LogP contribution in [0.2, 0.25) is 0 Å². The lowest BCUT2D eigenvalue weighted by molar-refractivity contribution is 0.121. The van der Waals surface area contributed by atoms with Gasteiger partial charge in [0.1, 0.15) is 11.5 Å². The van der Waals surface area contributed by atoms with Crippen LogP contribution < -0.4 is 14.8 Å². The van der Waals surface area contributed by atoms with E-state index in [4.69, 9.17) is 14.2 Å². The first-order chi connectivity index (χ1) is 13.2. The monoisotopic (exact) mass is 369 g/mol. The highest BCUT2D eigenvalue weighted by molar-refractivity contribution is 5.57. The maximum absolute atomic E-state index is 5.77. The summed E-state index contributed by atoms with van der Waals surface area (Å²) < 4.78 is 17.2. The van der Waals surface area contributed by atoms with Crippen LogP contribution in [0.1, 0.15) is 54.0 Å².